The van der Waals surface area contributed by atoms with Crippen molar-refractivity contribution in [2.24, 2.45) is 0 Å². The number of aryl methyl sites for hydroxylation is 1. The molecule has 0 radical (unpaired) electrons. The van der Waals surface area contributed by atoms with Gasteiger partial charge in [0.25, 0.3) is 0 Å². The van der Waals surface area contributed by atoms with Gasteiger partial charge in [-0.05, 0) is 18.0 Å². The molecule has 2 nitrogen and oxygen atoms in total. The molecule has 1 aromatic rings. The van der Waals surface area contributed by atoms with Crippen LogP contribution in [0.1, 0.15) is 84.0 Å². The third-order valence-corrected chi connectivity index (χ3v) is 4.67. The quantitative estimate of drug-likeness (QED) is 0.434. The molecular weight excluding hydrogens is 266 g/mol. The van der Waals surface area contributed by atoms with E-state index in [2.05, 4.69) is 10.9 Å². The van der Waals surface area contributed by atoms with Gasteiger partial charge in [0.05, 0.1) is 0 Å². The SMILES string of the molecule is CCCCCCCCCCCCCCn1ccc(=O)s1. The van der Waals surface area contributed by atoms with Gasteiger partial charge in [0.15, 0.2) is 0 Å². The molecule has 1 rings (SSSR count). The Kier molecular flexibility index (Phi) is 10.7. The van der Waals surface area contributed by atoms with Gasteiger partial charge in [0.2, 0.25) is 4.74 Å². The molecule has 0 spiro atoms. The van der Waals surface area contributed by atoms with Crippen molar-refractivity contribution in [2.45, 2.75) is 90.5 Å². The van der Waals surface area contributed by atoms with E-state index in [4.69, 9.17) is 0 Å². The van der Waals surface area contributed by atoms with Crippen molar-refractivity contribution in [3.05, 3.63) is 21.8 Å². The first-order valence-electron chi connectivity index (χ1n) is 8.49. The second kappa shape index (κ2) is 12.2. The fourth-order valence-electron chi connectivity index (χ4n) is 2.55. The lowest BCUT2D eigenvalue weighted by atomic mass is 10.1. The van der Waals surface area contributed by atoms with Gasteiger partial charge >= 0.3 is 0 Å². The number of hydrogen-bond donors (Lipinski definition) is 0. The molecule has 1 heterocycles. The summed E-state index contributed by atoms with van der Waals surface area (Å²) in [6.45, 7) is 3.29. The third kappa shape index (κ3) is 9.35. The van der Waals surface area contributed by atoms with Crippen LogP contribution in [0.5, 0.6) is 0 Å². The summed E-state index contributed by atoms with van der Waals surface area (Å²) in [6, 6.07) is 1.66. The van der Waals surface area contributed by atoms with E-state index in [1.165, 1.54) is 88.6 Å². The molecule has 0 fully saturated rings. The molecule has 0 bridgehead atoms. The summed E-state index contributed by atoms with van der Waals surface area (Å²) in [5.74, 6) is 0. The third-order valence-electron chi connectivity index (χ3n) is 3.82. The lowest BCUT2D eigenvalue weighted by Crippen LogP contribution is -1.92. The molecule has 0 saturated heterocycles. The highest BCUT2D eigenvalue weighted by atomic mass is 32.1. The van der Waals surface area contributed by atoms with E-state index in [0.29, 0.717) is 0 Å². The first-order chi connectivity index (χ1) is 9.83. The molecular formula is C17H31NOS. The van der Waals surface area contributed by atoms with Crippen molar-refractivity contribution in [2.75, 3.05) is 0 Å². The van der Waals surface area contributed by atoms with Gasteiger partial charge in [0.1, 0.15) is 0 Å². The van der Waals surface area contributed by atoms with Crippen molar-refractivity contribution in [3.8, 4) is 0 Å². The molecule has 0 aliphatic carbocycles. The van der Waals surface area contributed by atoms with E-state index in [1.807, 2.05) is 6.20 Å². The number of aromatic nitrogens is 1. The zero-order valence-corrected chi connectivity index (χ0v) is 13.9. The molecule has 0 atom stereocenters. The van der Waals surface area contributed by atoms with Crippen LogP contribution in [0.4, 0.5) is 0 Å². The molecule has 0 unspecified atom stereocenters. The predicted octanol–water partition coefficient (Wildman–Crippen LogP) is 5.61. The Morgan fingerprint density at radius 1 is 0.850 bits per heavy atom. The summed E-state index contributed by atoms with van der Waals surface area (Å²) >= 11 is 1.33. The molecule has 20 heavy (non-hydrogen) atoms. The maximum absolute atomic E-state index is 11.0. The van der Waals surface area contributed by atoms with Gasteiger partial charge in [-0.2, -0.15) is 0 Å². The highest BCUT2D eigenvalue weighted by molar-refractivity contribution is 7.03. The van der Waals surface area contributed by atoms with Crippen molar-refractivity contribution >= 4 is 11.5 Å². The molecule has 0 aliphatic heterocycles. The van der Waals surface area contributed by atoms with Crippen molar-refractivity contribution in [1.29, 1.82) is 0 Å². The van der Waals surface area contributed by atoms with E-state index in [1.54, 1.807) is 6.07 Å². The van der Waals surface area contributed by atoms with Crippen LogP contribution >= 0.6 is 11.5 Å². The number of unbranched alkanes of at least 4 members (excludes halogenated alkanes) is 11. The normalized spacial score (nSPS) is 11.1. The summed E-state index contributed by atoms with van der Waals surface area (Å²) in [5.41, 5.74) is 0. The van der Waals surface area contributed by atoms with Gasteiger partial charge < -0.3 is 3.96 Å². The van der Waals surface area contributed by atoms with Crippen molar-refractivity contribution in [1.82, 2.24) is 3.96 Å². The minimum absolute atomic E-state index is 0.170. The molecule has 116 valence electrons. The molecule has 0 aromatic carbocycles. The lowest BCUT2D eigenvalue weighted by Gasteiger charge is -2.03. The highest BCUT2D eigenvalue weighted by Gasteiger charge is 1.95. The Labute approximate surface area is 128 Å². The standard InChI is InChI=1S/C17H31NOS/c1-2-3-4-5-6-7-8-9-10-11-12-13-15-18-16-14-17(19)20-18/h14,16H,2-13,15H2,1H3. The Morgan fingerprint density at radius 3 is 1.80 bits per heavy atom. The van der Waals surface area contributed by atoms with Gasteiger partial charge in [-0.15, -0.1) is 0 Å². The summed E-state index contributed by atoms with van der Waals surface area (Å²) in [7, 11) is 0. The molecule has 0 N–H and O–H groups in total. The zero-order chi connectivity index (χ0) is 14.5. The second-order valence-electron chi connectivity index (χ2n) is 5.76. The summed E-state index contributed by atoms with van der Waals surface area (Å²) in [5, 5.41) is 0. The van der Waals surface area contributed by atoms with Crippen LogP contribution < -0.4 is 4.74 Å². The average molecular weight is 298 g/mol. The number of rotatable bonds is 13. The fourth-order valence-corrected chi connectivity index (χ4v) is 3.24. The van der Waals surface area contributed by atoms with E-state index in [0.717, 1.165) is 6.54 Å². The van der Waals surface area contributed by atoms with Crippen LogP contribution in [0.2, 0.25) is 0 Å². The predicted molar refractivity (Wildman–Crippen MR) is 89.7 cm³/mol. The van der Waals surface area contributed by atoms with E-state index < -0.39 is 0 Å². The monoisotopic (exact) mass is 297 g/mol. The van der Waals surface area contributed by atoms with Crippen LogP contribution in [0.3, 0.4) is 0 Å². The molecule has 1 aromatic heterocycles. The first kappa shape index (κ1) is 17.5. The summed E-state index contributed by atoms with van der Waals surface area (Å²) < 4.78 is 2.22. The molecule has 0 aliphatic rings. The maximum atomic E-state index is 11.0. The van der Waals surface area contributed by atoms with Crippen LogP contribution in [-0.2, 0) is 6.54 Å². The minimum Gasteiger partial charge on any atom is -0.302 e. The van der Waals surface area contributed by atoms with Gasteiger partial charge in [-0.1, -0.05) is 77.6 Å². The Hall–Kier alpha value is -0.570. The zero-order valence-electron chi connectivity index (χ0n) is 13.1. The number of nitrogens with zero attached hydrogens (tertiary/aromatic N) is 1. The lowest BCUT2D eigenvalue weighted by molar-refractivity contribution is 0.534. The molecule has 0 saturated carbocycles. The average Bonchev–Trinajstić information content (AvgIpc) is 2.86. The largest absolute Gasteiger partial charge is 0.302 e. The van der Waals surface area contributed by atoms with Crippen molar-refractivity contribution < 1.29 is 0 Å². The van der Waals surface area contributed by atoms with Gasteiger partial charge in [-0.3, -0.25) is 4.79 Å². The highest BCUT2D eigenvalue weighted by Crippen LogP contribution is 2.12. The van der Waals surface area contributed by atoms with Crippen LogP contribution in [-0.4, -0.2) is 3.96 Å². The Balaban J connectivity index is 1.77. The number of hydrogen-bond acceptors (Lipinski definition) is 2. The van der Waals surface area contributed by atoms with Gasteiger partial charge in [-0.25, -0.2) is 0 Å². The second-order valence-corrected chi connectivity index (χ2v) is 6.81. The molecule has 3 heteroatoms. The topological polar surface area (TPSA) is 22.0 Å². The summed E-state index contributed by atoms with van der Waals surface area (Å²) in [6.07, 6.45) is 18.5. The van der Waals surface area contributed by atoms with Gasteiger partial charge in [0, 0.05) is 18.8 Å². The summed E-state index contributed by atoms with van der Waals surface area (Å²) in [4.78, 5) is 11.0. The Bertz CT molecular complexity index is 369. The molecule has 0 amide bonds. The van der Waals surface area contributed by atoms with Crippen LogP contribution in [0.25, 0.3) is 0 Å². The minimum atomic E-state index is 0.170. The Morgan fingerprint density at radius 2 is 1.35 bits per heavy atom. The smallest absolute Gasteiger partial charge is 0.249 e. The van der Waals surface area contributed by atoms with Crippen LogP contribution in [0.15, 0.2) is 17.1 Å². The first-order valence-corrected chi connectivity index (χ1v) is 9.27. The maximum Gasteiger partial charge on any atom is 0.249 e. The van der Waals surface area contributed by atoms with Crippen molar-refractivity contribution in [3.63, 3.8) is 0 Å². The van der Waals surface area contributed by atoms with E-state index in [-0.39, 0.29) is 4.74 Å². The van der Waals surface area contributed by atoms with Crippen LogP contribution in [0, 0.1) is 0 Å². The van der Waals surface area contributed by atoms with E-state index >= 15 is 0 Å². The fraction of sp³-hybridized carbons (Fsp3) is 0.824. The van der Waals surface area contributed by atoms with E-state index in [9.17, 15) is 4.79 Å².